The van der Waals surface area contributed by atoms with Gasteiger partial charge in [-0.05, 0) is 36.8 Å². The lowest BCUT2D eigenvalue weighted by Gasteiger charge is -2.17. The van der Waals surface area contributed by atoms with Gasteiger partial charge in [0.15, 0.2) is 0 Å². The SMILES string of the molecule is CCCC(C(=O)Nc1oc(-c2ccccc2)nc1-c1ccccc1S)c1ccc(Cl)cc1O. The number of thiol groups is 1. The van der Waals surface area contributed by atoms with E-state index in [2.05, 4.69) is 22.9 Å². The van der Waals surface area contributed by atoms with Crippen LogP contribution in [0.1, 0.15) is 31.2 Å². The highest BCUT2D eigenvalue weighted by Crippen LogP contribution is 2.38. The molecule has 0 aliphatic heterocycles. The number of carbonyl (C=O) groups excluding carboxylic acids is 1. The second-order valence-corrected chi connectivity index (χ2v) is 8.53. The van der Waals surface area contributed by atoms with E-state index in [4.69, 9.17) is 16.0 Å². The third-order valence-electron chi connectivity index (χ3n) is 5.31. The molecule has 4 aromatic rings. The van der Waals surface area contributed by atoms with Crippen LogP contribution >= 0.6 is 24.2 Å². The average molecular weight is 479 g/mol. The number of hydrogen-bond acceptors (Lipinski definition) is 5. The van der Waals surface area contributed by atoms with Crippen LogP contribution in [0, 0.1) is 0 Å². The Morgan fingerprint density at radius 3 is 2.55 bits per heavy atom. The van der Waals surface area contributed by atoms with Gasteiger partial charge < -0.3 is 9.52 Å². The van der Waals surface area contributed by atoms with Crippen LogP contribution in [-0.2, 0) is 4.79 Å². The van der Waals surface area contributed by atoms with Crippen LogP contribution in [0.2, 0.25) is 5.02 Å². The van der Waals surface area contributed by atoms with E-state index in [-0.39, 0.29) is 17.5 Å². The zero-order valence-corrected chi connectivity index (χ0v) is 19.6. The molecule has 1 heterocycles. The van der Waals surface area contributed by atoms with Gasteiger partial charge in [-0.2, -0.15) is 0 Å². The predicted octanol–water partition coefficient (Wildman–Crippen LogP) is 7.18. The molecule has 2 N–H and O–H groups in total. The van der Waals surface area contributed by atoms with E-state index in [1.807, 2.05) is 61.5 Å². The lowest BCUT2D eigenvalue weighted by Crippen LogP contribution is -2.21. The Hall–Kier alpha value is -3.22. The van der Waals surface area contributed by atoms with E-state index >= 15 is 0 Å². The molecule has 0 saturated heterocycles. The van der Waals surface area contributed by atoms with E-state index in [1.165, 1.54) is 6.07 Å². The summed E-state index contributed by atoms with van der Waals surface area (Å²) in [5, 5.41) is 13.7. The highest BCUT2D eigenvalue weighted by Gasteiger charge is 2.26. The Labute approximate surface area is 202 Å². The Morgan fingerprint density at radius 2 is 1.85 bits per heavy atom. The fraction of sp³-hybridized carbons (Fsp3) is 0.154. The molecule has 7 heteroatoms. The van der Waals surface area contributed by atoms with Crippen molar-refractivity contribution in [3.63, 3.8) is 0 Å². The fourth-order valence-electron chi connectivity index (χ4n) is 3.69. The first kappa shape index (κ1) is 23.0. The Kier molecular flexibility index (Phi) is 7.06. The summed E-state index contributed by atoms with van der Waals surface area (Å²) in [6, 6.07) is 21.7. The van der Waals surface area contributed by atoms with Gasteiger partial charge in [-0.3, -0.25) is 10.1 Å². The van der Waals surface area contributed by atoms with Crippen molar-refractivity contribution >= 4 is 36.0 Å². The fourth-order valence-corrected chi connectivity index (χ4v) is 4.13. The number of anilines is 1. The molecule has 0 fully saturated rings. The molecule has 4 rings (SSSR count). The van der Waals surface area contributed by atoms with E-state index in [9.17, 15) is 9.90 Å². The van der Waals surface area contributed by atoms with Crippen molar-refractivity contribution < 1.29 is 14.3 Å². The van der Waals surface area contributed by atoms with Crippen LogP contribution < -0.4 is 5.32 Å². The molecule has 5 nitrogen and oxygen atoms in total. The molecule has 0 radical (unpaired) electrons. The number of phenolic OH excluding ortho intramolecular Hbond substituents is 1. The molecule has 1 aromatic heterocycles. The van der Waals surface area contributed by atoms with E-state index < -0.39 is 5.92 Å². The number of phenols is 1. The van der Waals surface area contributed by atoms with Crippen molar-refractivity contribution in [2.24, 2.45) is 0 Å². The van der Waals surface area contributed by atoms with Crippen LogP contribution in [0.3, 0.4) is 0 Å². The van der Waals surface area contributed by atoms with Crippen molar-refractivity contribution in [3.8, 4) is 28.5 Å². The first-order valence-electron chi connectivity index (χ1n) is 10.6. The number of oxazole rings is 1. The van der Waals surface area contributed by atoms with Crippen molar-refractivity contribution in [1.29, 1.82) is 0 Å². The van der Waals surface area contributed by atoms with Gasteiger partial charge in [-0.1, -0.05) is 67.4 Å². The van der Waals surface area contributed by atoms with Crippen molar-refractivity contribution in [2.75, 3.05) is 5.32 Å². The van der Waals surface area contributed by atoms with Crippen LogP contribution in [-0.4, -0.2) is 16.0 Å². The molecular weight excluding hydrogens is 456 g/mol. The van der Waals surface area contributed by atoms with Crippen LogP contribution in [0.4, 0.5) is 5.88 Å². The number of carbonyl (C=O) groups is 1. The number of amides is 1. The van der Waals surface area contributed by atoms with Crippen LogP contribution in [0.5, 0.6) is 5.75 Å². The number of halogens is 1. The molecule has 0 saturated carbocycles. The smallest absolute Gasteiger partial charge is 0.234 e. The van der Waals surface area contributed by atoms with Gasteiger partial charge in [0.1, 0.15) is 11.4 Å². The third kappa shape index (κ3) is 5.07. The van der Waals surface area contributed by atoms with Gasteiger partial charge in [0.25, 0.3) is 0 Å². The van der Waals surface area contributed by atoms with Gasteiger partial charge >= 0.3 is 0 Å². The van der Waals surface area contributed by atoms with Crippen molar-refractivity contribution in [1.82, 2.24) is 4.98 Å². The minimum atomic E-state index is -0.586. The number of rotatable bonds is 7. The zero-order chi connectivity index (χ0) is 23.4. The van der Waals surface area contributed by atoms with E-state index in [0.29, 0.717) is 33.5 Å². The number of aromatic nitrogens is 1. The van der Waals surface area contributed by atoms with E-state index in [1.54, 1.807) is 12.1 Å². The Morgan fingerprint density at radius 1 is 1.12 bits per heavy atom. The summed E-state index contributed by atoms with van der Waals surface area (Å²) in [4.78, 5) is 18.8. The Bertz CT molecular complexity index is 1270. The molecule has 1 unspecified atom stereocenters. The number of aromatic hydroxyl groups is 1. The summed E-state index contributed by atoms with van der Waals surface area (Å²) in [5.74, 6) is -0.284. The summed E-state index contributed by atoms with van der Waals surface area (Å²) in [5.41, 5.74) is 2.53. The highest BCUT2D eigenvalue weighted by molar-refractivity contribution is 7.80. The predicted molar refractivity (Wildman–Crippen MR) is 134 cm³/mol. The first-order valence-corrected chi connectivity index (χ1v) is 11.4. The lowest BCUT2D eigenvalue weighted by molar-refractivity contribution is -0.117. The molecular formula is C26H23ClN2O3S. The topological polar surface area (TPSA) is 75.4 Å². The summed E-state index contributed by atoms with van der Waals surface area (Å²) < 4.78 is 6.03. The largest absolute Gasteiger partial charge is 0.508 e. The summed E-state index contributed by atoms with van der Waals surface area (Å²) in [6.07, 6.45) is 1.29. The number of nitrogens with zero attached hydrogens (tertiary/aromatic N) is 1. The maximum atomic E-state index is 13.4. The monoisotopic (exact) mass is 478 g/mol. The maximum absolute atomic E-state index is 13.4. The number of benzene rings is 3. The molecule has 1 amide bonds. The lowest BCUT2D eigenvalue weighted by atomic mass is 9.92. The summed E-state index contributed by atoms with van der Waals surface area (Å²) in [6.45, 7) is 1.98. The molecule has 168 valence electrons. The van der Waals surface area contributed by atoms with Gasteiger partial charge in [0.2, 0.25) is 17.7 Å². The number of nitrogens with one attached hydrogen (secondary N) is 1. The second-order valence-electron chi connectivity index (χ2n) is 7.61. The van der Waals surface area contributed by atoms with Crippen molar-refractivity contribution in [3.05, 3.63) is 83.4 Å². The summed E-state index contributed by atoms with van der Waals surface area (Å²) in [7, 11) is 0. The zero-order valence-electron chi connectivity index (χ0n) is 18.0. The second kappa shape index (κ2) is 10.1. The average Bonchev–Trinajstić information content (AvgIpc) is 3.22. The molecule has 0 aliphatic rings. The maximum Gasteiger partial charge on any atom is 0.234 e. The Balaban J connectivity index is 1.74. The van der Waals surface area contributed by atoms with Gasteiger partial charge in [-0.15, -0.1) is 12.6 Å². The highest BCUT2D eigenvalue weighted by atomic mass is 35.5. The van der Waals surface area contributed by atoms with E-state index in [0.717, 1.165) is 17.5 Å². The molecule has 3 aromatic carbocycles. The normalized spacial score (nSPS) is 11.8. The minimum absolute atomic E-state index is 0.0143. The molecule has 0 bridgehead atoms. The molecule has 1 atom stereocenters. The third-order valence-corrected chi connectivity index (χ3v) is 5.93. The van der Waals surface area contributed by atoms with Gasteiger partial charge in [0, 0.05) is 26.6 Å². The van der Waals surface area contributed by atoms with Crippen LogP contribution in [0.25, 0.3) is 22.7 Å². The van der Waals surface area contributed by atoms with Crippen LogP contribution in [0.15, 0.2) is 82.1 Å². The first-order chi connectivity index (χ1) is 16.0. The molecule has 0 aliphatic carbocycles. The summed E-state index contributed by atoms with van der Waals surface area (Å²) >= 11 is 10.5. The standard InChI is InChI=1S/C26H23ClN2O3S/c1-2-8-19(18-14-13-17(27)15-21(18)30)24(31)29-26-23(20-11-6-7-12-22(20)33)28-25(32-26)16-9-4-3-5-10-16/h3-7,9-15,19,30,33H,2,8H2,1H3,(H,29,31). The minimum Gasteiger partial charge on any atom is -0.508 e. The molecule has 0 spiro atoms. The molecule has 33 heavy (non-hydrogen) atoms. The quantitative estimate of drug-likeness (QED) is 0.246. The van der Waals surface area contributed by atoms with Crippen molar-refractivity contribution in [2.45, 2.75) is 30.6 Å². The van der Waals surface area contributed by atoms with Gasteiger partial charge in [-0.25, -0.2) is 4.98 Å². The van der Waals surface area contributed by atoms with Gasteiger partial charge in [0.05, 0.1) is 5.92 Å². The number of hydrogen-bond donors (Lipinski definition) is 3.